The molecule has 0 aliphatic rings. The van der Waals surface area contributed by atoms with E-state index in [1.54, 1.807) is 0 Å². The highest BCUT2D eigenvalue weighted by molar-refractivity contribution is 6.34. The van der Waals surface area contributed by atoms with Crippen LogP contribution in [0.1, 0.15) is 0 Å². The van der Waals surface area contributed by atoms with Gasteiger partial charge in [-0.25, -0.2) is 9.97 Å². The molecule has 0 aliphatic heterocycles. The van der Waals surface area contributed by atoms with E-state index in [1.807, 2.05) is 24.3 Å². The molecule has 57 heavy (non-hydrogen) atoms. The second-order valence-corrected chi connectivity index (χ2v) is 14.9. The van der Waals surface area contributed by atoms with Gasteiger partial charge in [-0.3, -0.25) is 4.57 Å². The molecule has 0 fully saturated rings. The molecule has 0 amide bonds. The summed E-state index contributed by atoms with van der Waals surface area (Å²) in [6.07, 6.45) is 0. The quantitative estimate of drug-likeness (QED) is 0.181. The van der Waals surface area contributed by atoms with Crippen molar-refractivity contribution in [2.75, 3.05) is 0 Å². The lowest BCUT2D eigenvalue weighted by atomic mass is 10.00. The molecular formula is C52H30N4O. The largest absolute Gasteiger partial charge is 0.452 e. The van der Waals surface area contributed by atoms with E-state index in [-0.39, 0.29) is 0 Å². The van der Waals surface area contributed by atoms with Crippen LogP contribution >= 0.6 is 0 Å². The van der Waals surface area contributed by atoms with Crippen LogP contribution < -0.4 is 0 Å². The summed E-state index contributed by atoms with van der Waals surface area (Å²) in [7, 11) is 0. The van der Waals surface area contributed by atoms with Gasteiger partial charge in [-0.05, 0) is 64.7 Å². The number of para-hydroxylation sites is 3. The molecule has 13 aromatic rings. The second kappa shape index (κ2) is 11.4. The zero-order valence-electron chi connectivity index (χ0n) is 30.5. The first kappa shape index (κ1) is 30.6. The van der Waals surface area contributed by atoms with Gasteiger partial charge in [0.1, 0.15) is 16.8 Å². The van der Waals surface area contributed by atoms with Gasteiger partial charge < -0.3 is 8.82 Å². The average molecular weight is 727 g/mol. The maximum Gasteiger partial charge on any atom is 0.236 e. The summed E-state index contributed by atoms with van der Waals surface area (Å²) in [5, 5.41) is 8.17. The fourth-order valence-electron chi connectivity index (χ4n) is 9.35. The number of hydrogen-bond acceptors (Lipinski definition) is 3. The maximum atomic E-state index is 6.60. The number of rotatable bonds is 4. The molecule has 0 aliphatic carbocycles. The average Bonchev–Trinajstić information content (AvgIpc) is 4.02. The third-order valence-electron chi connectivity index (χ3n) is 11.9. The molecule has 0 saturated heterocycles. The summed E-state index contributed by atoms with van der Waals surface area (Å²) in [4.78, 5) is 10.9. The topological polar surface area (TPSA) is 48.3 Å². The molecule has 0 atom stereocenters. The molecule has 0 unspecified atom stereocenters. The third kappa shape index (κ3) is 4.23. The zero-order chi connectivity index (χ0) is 37.2. The highest BCUT2D eigenvalue weighted by Crippen LogP contribution is 2.47. The molecular weight excluding hydrogens is 697 g/mol. The predicted molar refractivity (Wildman–Crippen MR) is 235 cm³/mol. The zero-order valence-corrected chi connectivity index (χ0v) is 30.5. The number of nitrogens with zero attached hydrogens (tertiary/aromatic N) is 4. The van der Waals surface area contributed by atoms with Gasteiger partial charge in [0.25, 0.3) is 0 Å². The summed E-state index contributed by atoms with van der Waals surface area (Å²) in [5.74, 6) is 0.608. The van der Waals surface area contributed by atoms with E-state index in [4.69, 9.17) is 14.4 Å². The Balaban J connectivity index is 1.16. The van der Waals surface area contributed by atoms with Crippen LogP contribution in [0.2, 0.25) is 0 Å². The summed E-state index contributed by atoms with van der Waals surface area (Å²) in [5.41, 5.74) is 14.5. The van der Waals surface area contributed by atoms with Gasteiger partial charge in [0, 0.05) is 43.3 Å². The SMILES string of the molecule is c1ccc(-c2ccc(-c3nc(-n4c5ccccc5c5cc6c7cc(-c8ccccc8)ccc7n7c8ccccc8c(c54)c67)nc4c3oc3ccccc34)cc2)cc1. The molecule has 0 radical (unpaired) electrons. The van der Waals surface area contributed by atoms with E-state index in [9.17, 15) is 0 Å². The van der Waals surface area contributed by atoms with Gasteiger partial charge in [0.05, 0.1) is 27.6 Å². The van der Waals surface area contributed by atoms with Crippen molar-refractivity contribution in [3.8, 4) is 39.5 Å². The number of aromatic nitrogens is 4. The Morgan fingerprint density at radius 1 is 0.386 bits per heavy atom. The van der Waals surface area contributed by atoms with Crippen LogP contribution in [-0.2, 0) is 0 Å². The van der Waals surface area contributed by atoms with E-state index in [2.05, 4.69) is 167 Å². The maximum absolute atomic E-state index is 6.60. The third-order valence-corrected chi connectivity index (χ3v) is 11.9. The van der Waals surface area contributed by atoms with Crippen molar-refractivity contribution in [2.45, 2.75) is 0 Å². The minimum atomic E-state index is 0.608. The second-order valence-electron chi connectivity index (χ2n) is 14.9. The Morgan fingerprint density at radius 2 is 0.965 bits per heavy atom. The van der Waals surface area contributed by atoms with Crippen LogP contribution in [0.15, 0.2) is 186 Å². The monoisotopic (exact) mass is 726 g/mol. The first-order chi connectivity index (χ1) is 28.3. The Morgan fingerprint density at radius 3 is 1.75 bits per heavy atom. The van der Waals surface area contributed by atoms with Crippen molar-refractivity contribution in [2.24, 2.45) is 0 Å². The summed E-state index contributed by atoms with van der Waals surface area (Å²) in [6, 6.07) is 64.7. The fraction of sp³-hybridized carbons (Fsp3) is 0. The highest BCUT2D eigenvalue weighted by atomic mass is 16.3. The first-order valence-electron chi connectivity index (χ1n) is 19.3. The molecule has 5 aromatic heterocycles. The molecule has 5 heteroatoms. The summed E-state index contributed by atoms with van der Waals surface area (Å²) >= 11 is 0. The molecule has 264 valence electrons. The smallest absolute Gasteiger partial charge is 0.236 e. The normalized spacial score (nSPS) is 12.2. The number of fused-ring (bicyclic) bond motifs is 13. The van der Waals surface area contributed by atoms with E-state index in [1.165, 1.54) is 60.2 Å². The summed E-state index contributed by atoms with van der Waals surface area (Å²) in [6.45, 7) is 0. The van der Waals surface area contributed by atoms with Crippen molar-refractivity contribution < 1.29 is 4.42 Å². The number of benzene rings is 8. The number of hydrogen-bond donors (Lipinski definition) is 0. The lowest BCUT2D eigenvalue weighted by molar-refractivity contribution is 0.666. The number of furan rings is 1. The van der Waals surface area contributed by atoms with Crippen molar-refractivity contribution in [3.05, 3.63) is 182 Å². The Bertz CT molecular complexity index is 3730. The van der Waals surface area contributed by atoms with Crippen LogP contribution in [-0.4, -0.2) is 18.9 Å². The molecule has 0 bridgehead atoms. The van der Waals surface area contributed by atoms with Gasteiger partial charge >= 0.3 is 0 Å². The Hall–Kier alpha value is -7.76. The van der Waals surface area contributed by atoms with Crippen molar-refractivity contribution in [1.82, 2.24) is 18.9 Å². The van der Waals surface area contributed by atoms with Gasteiger partial charge in [-0.2, -0.15) is 0 Å². The molecule has 8 aromatic carbocycles. The van der Waals surface area contributed by atoms with Gasteiger partial charge in [0.15, 0.2) is 5.58 Å². The molecule has 5 heterocycles. The van der Waals surface area contributed by atoms with E-state index < -0.39 is 0 Å². The van der Waals surface area contributed by atoms with Gasteiger partial charge in [0.2, 0.25) is 5.95 Å². The highest BCUT2D eigenvalue weighted by Gasteiger charge is 2.26. The molecule has 0 saturated carbocycles. The molecule has 0 N–H and O–H groups in total. The minimum Gasteiger partial charge on any atom is -0.452 e. The lowest BCUT2D eigenvalue weighted by Gasteiger charge is -2.11. The fourth-order valence-corrected chi connectivity index (χ4v) is 9.35. The molecule has 5 nitrogen and oxygen atoms in total. The molecule has 13 rings (SSSR count). The van der Waals surface area contributed by atoms with E-state index >= 15 is 0 Å². The summed E-state index contributed by atoms with van der Waals surface area (Å²) < 4.78 is 11.3. The lowest BCUT2D eigenvalue weighted by Crippen LogP contribution is -2.03. The van der Waals surface area contributed by atoms with Crippen LogP contribution in [0.25, 0.3) is 121 Å². The van der Waals surface area contributed by atoms with Gasteiger partial charge in [-0.1, -0.05) is 140 Å². The van der Waals surface area contributed by atoms with Crippen LogP contribution in [0.4, 0.5) is 0 Å². The van der Waals surface area contributed by atoms with Gasteiger partial charge in [-0.15, -0.1) is 0 Å². The minimum absolute atomic E-state index is 0.608. The van der Waals surface area contributed by atoms with E-state index in [0.29, 0.717) is 11.5 Å². The molecule has 0 spiro atoms. The van der Waals surface area contributed by atoms with E-state index in [0.717, 1.165) is 49.7 Å². The van der Waals surface area contributed by atoms with Crippen molar-refractivity contribution in [1.29, 1.82) is 0 Å². The predicted octanol–water partition coefficient (Wildman–Crippen LogP) is 13.6. The Kier molecular flexibility index (Phi) is 6.10. The Labute approximate surface area is 325 Å². The van der Waals surface area contributed by atoms with Crippen LogP contribution in [0.5, 0.6) is 0 Å². The van der Waals surface area contributed by atoms with Crippen molar-refractivity contribution >= 4 is 82.0 Å². The first-order valence-corrected chi connectivity index (χ1v) is 19.3. The standard InChI is InChI=1S/C52H30N4O/c1-3-13-31(14-4-1)33-23-25-34(26-24-33)47-51-48(38-19-9-12-22-45(38)57-51)54-52(53-47)56-42-20-10-7-17-36(42)40-30-41-39-29-35(32-15-5-2-6-16-32)27-28-44(39)55-43-21-11-8-18-37(43)46(49(41)55)50(40)56/h1-30H. The van der Waals surface area contributed by atoms with Crippen LogP contribution in [0, 0.1) is 0 Å². The van der Waals surface area contributed by atoms with Crippen LogP contribution in [0.3, 0.4) is 0 Å². The van der Waals surface area contributed by atoms with Crippen molar-refractivity contribution in [3.63, 3.8) is 0 Å².